The Hall–Kier alpha value is -4.26. The van der Waals surface area contributed by atoms with Crippen LogP contribution in [-0.4, -0.2) is 47.8 Å². The minimum atomic E-state index is -4.92. The molecule has 0 bridgehead atoms. The molecular formula is C34H36ClF5N4O4. The second-order valence-corrected chi connectivity index (χ2v) is 12.1. The molecule has 1 fully saturated rings. The molecule has 3 aromatic rings. The Balaban J connectivity index is 1.62. The maximum absolute atomic E-state index is 15.1. The molecule has 48 heavy (non-hydrogen) atoms. The van der Waals surface area contributed by atoms with Crippen molar-refractivity contribution in [1.29, 1.82) is 0 Å². The van der Waals surface area contributed by atoms with Gasteiger partial charge in [0.2, 0.25) is 5.91 Å². The van der Waals surface area contributed by atoms with Gasteiger partial charge in [-0.3, -0.25) is 14.6 Å². The van der Waals surface area contributed by atoms with Crippen LogP contribution in [0.3, 0.4) is 0 Å². The number of carbonyl (C=O) groups excluding carboxylic acids is 3. The first-order valence-corrected chi connectivity index (χ1v) is 15.9. The monoisotopic (exact) mass is 694 g/mol. The van der Waals surface area contributed by atoms with E-state index >= 15 is 4.39 Å². The summed E-state index contributed by atoms with van der Waals surface area (Å²) >= 11 is 6.10. The molecule has 0 saturated heterocycles. The second-order valence-electron chi connectivity index (χ2n) is 11.6. The Morgan fingerprint density at radius 2 is 1.73 bits per heavy atom. The second kappa shape index (κ2) is 16.2. The summed E-state index contributed by atoms with van der Waals surface area (Å²) in [5.41, 5.74) is -1.08. The van der Waals surface area contributed by atoms with E-state index in [1.54, 1.807) is 37.3 Å². The molecule has 4 rings (SSSR count). The van der Waals surface area contributed by atoms with Gasteiger partial charge in [-0.15, -0.1) is 0 Å². The van der Waals surface area contributed by atoms with Gasteiger partial charge in [-0.05, 0) is 61.1 Å². The standard InChI is InChI=1S/C34H36ClF5N4O4/c1-2-27(45)14-15-41-30(46)22-8-11-26(12-9-22)43-32(47)44-33(19-21-6-4-3-5-7-21,29-13-10-24(35)20-42-29)23-16-25(36)18-28(17-23)48-34(39,40)31(37)38/h3-7,10,13,16-18,20,22,26,31H,2,8-9,11-12,14-15,19H2,1H3,(H,41,46)(H2,43,44,47)/t22?,26?,33-/m0/s1. The van der Waals surface area contributed by atoms with E-state index in [1.165, 1.54) is 18.3 Å². The number of nitrogens with one attached hydrogen (secondary N) is 3. The van der Waals surface area contributed by atoms with Crippen LogP contribution in [0.25, 0.3) is 0 Å². The van der Waals surface area contributed by atoms with Crippen LogP contribution in [0.2, 0.25) is 5.02 Å². The number of alkyl halides is 4. The van der Waals surface area contributed by atoms with Crippen molar-refractivity contribution in [2.45, 2.75) is 76.0 Å². The molecule has 2 aromatic carbocycles. The number of hydrogen-bond acceptors (Lipinski definition) is 5. The lowest BCUT2D eigenvalue weighted by atomic mass is 9.80. The van der Waals surface area contributed by atoms with Crippen LogP contribution >= 0.6 is 11.6 Å². The molecule has 0 spiro atoms. The highest BCUT2D eigenvalue weighted by Crippen LogP contribution is 2.37. The number of carbonyl (C=O) groups is 3. The average molecular weight is 695 g/mol. The number of rotatable bonds is 14. The molecule has 0 unspecified atom stereocenters. The van der Waals surface area contributed by atoms with E-state index in [9.17, 15) is 31.9 Å². The van der Waals surface area contributed by atoms with Crippen molar-refractivity contribution in [3.8, 4) is 5.75 Å². The molecule has 3 amide bonds. The van der Waals surface area contributed by atoms with E-state index in [-0.39, 0.29) is 59.3 Å². The van der Waals surface area contributed by atoms with Gasteiger partial charge in [-0.25, -0.2) is 9.18 Å². The van der Waals surface area contributed by atoms with Crippen LogP contribution < -0.4 is 20.7 Å². The van der Waals surface area contributed by atoms with Gasteiger partial charge in [-0.1, -0.05) is 48.9 Å². The average Bonchev–Trinajstić information content (AvgIpc) is 3.04. The highest BCUT2D eigenvalue weighted by molar-refractivity contribution is 6.30. The maximum Gasteiger partial charge on any atom is 0.461 e. The molecule has 1 atom stereocenters. The Bertz CT molecular complexity index is 1560. The molecule has 1 aromatic heterocycles. The molecule has 1 heterocycles. The molecule has 1 aliphatic rings. The lowest BCUT2D eigenvalue weighted by molar-refractivity contribution is -0.253. The Labute approximate surface area is 279 Å². The van der Waals surface area contributed by atoms with Crippen molar-refractivity contribution >= 4 is 29.3 Å². The van der Waals surface area contributed by atoms with Crippen LogP contribution in [0.15, 0.2) is 66.9 Å². The zero-order valence-corrected chi connectivity index (χ0v) is 26.8. The smallest absolute Gasteiger partial charge is 0.428 e. The number of urea groups is 1. The van der Waals surface area contributed by atoms with Crippen molar-refractivity contribution in [3.63, 3.8) is 0 Å². The van der Waals surface area contributed by atoms with E-state index in [0.717, 1.165) is 12.1 Å². The number of benzene rings is 2. The highest BCUT2D eigenvalue weighted by atomic mass is 35.5. The molecule has 8 nitrogen and oxygen atoms in total. The summed E-state index contributed by atoms with van der Waals surface area (Å²) in [6, 6.07) is 13.1. The SMILES string of the molecule is CCC(=O)CCNC(=O)C1CCC(NC(=O)N[C@@](Cc2ccccc2)(c2cc(F)cc(OC(F)(F)C(F)F)c2)c2ccc(Cl)cn2)CC1. The summed E-state index contributed by atoms with van der Waals surface area (Å²) < 4.78 is 73.1. The normalized spacial score (nSPS) is 17.7. The van der Waals surface area contributed by atoms with Crippen LogP contribution in [0.1, 0.15) is 62.3 Å². The summed E-state index contributed by atoms with van der Waals surface area (Å²) in [7, 11) is 0. The number of ether oxygens (including phenoxy) is 1. The van der Waals surface area contributed by atoms with Crippen molar-refractivity contribution in [2.75, 3.05) is 6.54 Å². The number of amides is 3. The van der Waals surface area contributed by atoms with E-state index in [0.29, 0.717) is 43.7 Å². The summed E-state index contributed by atoms with van der Waals surface area (Å²) in [6.07, 6.45) is -5.33. The largest absolute Gasteiger partial charge is 0.461 e. The van der Waals surface area contributed by atoms with Crippen LogP contribution in [0, 0.1) is 11.7 Å². The van der Waals surface area contributed by atoms with Crippen LogP contribution in [0.5, 0.6) is 5.75 Å². The molecule has 0 aliphatic heterocycles. The summed E-state index contributed by atoms with van der Waals surface area (Å²) in [5, 5.41) is 8.80. The third kappa shape index (κ3) is 9.65. The predicted octanol–water partition coefficient (Wildman–Crippen LogP) is 6.94. The predicted molar refractivity (Wildman–Crippen MR) is 168 cm³/mol. The molecule has 1 saturated carbocycles. The number of aromatic nitrogens is 1. The first kappa shape index (κ1) is 36.6. The van der Waals surface area contributed by atoms with Gasteiger partial charge in [0.15, 0.2) is 0 Å². The number of ketones is 1. The van der Waals surface area contributed by atoms with E-state index < -0.39 is 35.7 Å². The zero-order valence-electron chi connectivity index (χ0n) is 26.1. The Morgan fingerprint density at radius 3 is 2.35 bits per heavy atom. The Morgan fingerprint density at radius 1 is 1.02 bits per heavy atom. The van der Waals surface area contributed by atoms with Crippen molar-refractivity contribution in [3.05, 3.63) is 94.5 Å². The first-order valence-electron chi connectivity index (χ1n) is 15.5. The third-order valence-corrected chi connectivity index (χ3v) is 8.43. The zero-order chi connectivity index (χ0) is 34.9. The number of nitrogens with zero attached hydrogens (tertiary/aromatic N) is 1. The fourth-order valence-electron chi connectivity index (χ4n) is 5.68. The molecule has 1 aliphatic carbocycles. The first-order chi connectivity index (χ1) is 22.8. The summed E-state index contributed by atoms with van der Waals surface area (Å²) in [5.74, 6) is -2.36. The number of Topliss-reactive ketones (excluding diaryl/α,β-unsaturated/α-hetero) is 1. The minimum absolute atomic E-state index is 0.0550. The molecule has 258 valence electrons. The van der Waals surface area contributed by atoms with E-state index in [2.05, 4.69) is 25.7 Å². The van der Waals surface area contributed by atoms with Gasteiger partial charge in [0, 0.05) is 50.0 Å². The summed E-state index contributed by atoms with van der Waals surface area (Å²) in [4.78, 5) is 42.3. The lowest BCUT2D eigenvalue weighted by Crippen LogP contribution is -2.55. The van der Waals surface area contributed by atoms with Gasteiger partial charge in [-0.2, -0.15) is 17.6 Å². The summed E-state index contributed by atoms with van der Waals surface area (Å²) in [6.45, 7) is 2.02. The van der Waals surface area contributed by atoms with E-state index in [4.69, 9.17) is 11.6 Å². The van der Waals surface area contributed by atoms with Crippen LogP contribution in [-0.2, 0) is 21.5 Å². The van der Waals surface area contributed by atoms with Gasteiger partial charge in [0.25, 0.3) is 0 Å². The lowest BCUT2D eigenvalue weighted by Gasteiger charge is -2.37. The maximum atomic E-state index is 15.1. The van der Waals surface area contributed by atoms with Gasteiger partial charge in [0.05, 0.1) is 10.7 Å². The fourth-order valence-corrected chi connectivity index (χ4v) is 5.79. The third-order valence-electron chi connectivity index (χ3n) is 8.21. The van der Waals surface area contributed by atoms with Crippen LogP contribution in [0.4, 0.5) is 26.7 Å². The minimum Gasteiger partial charge on any atom is -0.428 e. The molecular weight excluding hydrogens is 659 g/mol. The van der Waals surface area contributed by atoms with Crippen molar-refractivity contribution < 1.29 is 41.1 Å². The highest BCUT2D eigenvalue weighted by Gasteiger charge is 2.45. The van der Waals surface area contributed by atoms with Gasteiger partial charge in [0.1, 0.15) is 22.9 Å². The number of hydrogen-bond donors (Lipinski definition) is 3. The van der Waals surface area contributed by atoms with Crippen molar-refractivity contribution in [1.82, 2.24) is 20.9 Å². The Kier molecular flexibility index (Phi) is 12.4. The molecule has 3 N–H and O–H groups in total. The van der Waals surface area contributed by atoms with E-state index in [1.807, 2.05) is 0 Å². The van der Waals surface area contributed by atoms with Gasteiger partial charge < -0.3 is 20.7 Å². The van der Waals surface area contributed by atoms with Crippen molar-refractivity contribution in [2.24, 2.45) is 5.92 Å². The topological polar surface area (TPSA) is 109 Å². The number of pyridine rings is 1. The number of halogens is 6. The molecule has 0 radical (unpaired) electrons. The quantitative estimate of drug-likeness (QED) is 0.159. The molecule has 14 heteroatoms. The van der Waals surface area contributed by atoms with Gasteiger partial charge >= 0.3 is 18.6 Å². The fraction of sp³-hybridized carbons (Fsp3) is 0.412.